The molecule has 1 N–H and O–H groups in total. The molecule has 110 valence electrons. The number of carboxylic acids is 1. The van der Waals surface area contributed by atoms with Gasteiger partial charge in [0, 0.05) is 17.4 Å². The molecule has 4 heteroatoms. The van der Waals surface area contributed by atoms with Gasteiger partial charge in [0.15, 0.2) is 0 Å². The lowest BCUT2D eigenvalue weighted by Gasteiger charge is -2.42. The van der Waals surface area contributed by atoms with Crippen LogP contribution in [0.2, 0.25) is 0 Å². The van der Waals surface area contributed by atoms with Crippen LogP contribution >= 0.6 is 0 Å². The first-order chi connectivity index (χ1) is 9.43. The van der Waals surface area contributed by atoms with Crippen molar-refractivity contribution in [3.63, 3.8) is 0 Å². The Bertz CT molecular complexity index is 497. The first-order valence-corrected chi connectivity index (χ1v) is 7.79. The van der Waals surface area contributed by atoms with Crippen molar-refractivity contribution in [2.45, 2.75) is 63.9 Å². The van der Waals surface area contributed by atoms with E-state index >= 15 is 0 Å². The summed E-state index contributed by atoms with van der Waals surface area (Å²) >= 11 is 0. The van der Waals surface area contributed by atoms with Crippen LogP contribution in [0.3, 0.4) is 0 Å². The Labute approximate surface area is 119 Å². The third kappa shape index (κ3) is 1.47. The summed E-state index contributed by atoms with van der Waals surface area (Å²) in [6.07, 6.45) is 8.75. The lowest BCUT2D eigenvalue weighted by molar-refractivity contribution is -0.135. The monoisotopic (exact) mass is 278 g/mol. The van der Waals surface area contributed by atoms with E-state index in [1.165, 1.54) is 32.1 Å². The molecule has 0 radical (unpaired) electrons. The number of epoxide rings is 2. The molecular formula is C16H22O4. The molecule has 0 aromatic carbocycles. The van der Waals surface area contributed by atoms with Gasteiger partial charge in [0.2, 0.25) is 11.6 Å². The van der Waals surface area contributed by atoms with E-state index in [0.29, 0.717) is 23.8 Å². The predicted molar refractivity (Wildman–Crippen MR) is 71.8 cm³/mol. The van der Waals surface area contributed by atoms with Crippen molar-refractivity contribution in [2.24, 2.45) is 17.3 Å². The number of rotatable bonds is 3. The number of carboxylic acid groups (broad SMARTS) is 1. The summed E-state index contributed by atoms with van der Waals surface area (Å²) in [4.78, 5) is 11.7. The van der Waals surface area contributed by atoms with Crippen LogP contribution in [0, 0.1) is 17.3 Å². The van der Waals surface area contributed by atoms with E-state index in [4.69, 9.17) is 9.47 Å². The van der Waals surface area contributed by atoms with Crippen LogP contribution in [-0.2, 0) is 14.3 Å². The molecular weight excluding hydrogens is 256 g/mol. The highest BCUT2D eigenvalue weighted by Crippen LogP contribution is 2.76. The van der Waals surface area contributed by atoms with E-state index in [-0.39, 0.29) is 5.41 Å². The van der Waals surface area contributed by atoms with Crippen molar-refractivity contribution >= 4 is 5.97 Å². The summed E-state index contributed by atoms with van der Waals surface area (Å²) in [5.74, 6) is -0.969. The molecule has 3 fully saturated rings. The van der Waals surface area contributed by atoms with Crippen molar-refractivity contribution in [1.82, 2.24) is 0 Å². The maximum Gasteiger partial charge on any atom is 0.332 e. The van der Waals surface area contributed by atoms with Crippen LogP contribution in [0.4, 0.5) is 0 Å². The second kappa shape index (κ2) is 3.66. The highest BCUT2D eigenvalue weighted by Gasteiger charge is 2.92. The first-order valence-electron chi connectivity index (χ1n) is 7.79. The second-order valence-electron chi connectivity index (χ2n) is 7.27. The highest BCUT2D eigenvalue weighted by atomic mass is 17.0. The number of hydrogen-bond donors (Lipinski definition) is 1. The van der Waals surface area contributed by atoms with Gasteiger partial charge >= 0.3 is 5.97 Å². The molecule has 2 aliphatic heterocycles. The molecule has 0 aromatic rings. The van der Waals surface area contributed by atoms with Crippen LogP contribution in [-0.4, -0.2) is 22.7 Å². The molecule has 2 aliphatic carbocycles. The van der Waals surface area contributed by atoms with Gasteiger partial charge in [0.1, 0.15) is 0 Å². The Balaban J connectivity index is 1.65. The van der Waals surface area contributed by atoms with Gasteiger partial charge in [-0.3, -0.25) is 0 Å². The van der Waals surface area contributed by atoms with Crippen molar-refractivity contribution in [1.29, 1.82) is 0 Å². The van der Waals surface area contributed by atoms with Gasteiger partial charge in [-0.25, -0.2) is 4.79 Å². The minimum atomic E-state index is -0.816. The van der Waals surface area contributed by atoms with Crippen molar-refractivity contribution in [2.75, 3.05) is 0 Å². The maximum absolute atomic E-state index is 11.7. The van der Waals surface area contributed by atoms with E-state index in [2.05, 4.69) is 13.8 Å². The molecule has 2 saturated heterocycles. The van der Waals surface area contributed by atoms with E-state index in [1.807, 2.05) is 0 Å². The number of ether oxygens (including phenoxy) is 2. The van der Waals surface area contributed by atoms with Gasteiger partial charge in [-0.05, 0) is 17.9 Å². The Hall–Kier alpha value is -0.870. The van der Waals surface area contributed by atoms with Gasteiger partial charge in [-0.15, -0.1) is 0 Å². The van der Waals surface area contributed by atoms with Crippen molar-refractivity contribution < 1.29 is 19.4 Å². The zero-order valence-corrected chi connectivity index (χ0v) is 12.1. The largest absolute Gasteiger partial charge is 0.478 e. The Morgan fingerprint density at radius 3 is 2.60 bits per heavy atom. The molecule has 1 saturated carbocycles. The minimum absolute atomic E-state index is 0.343. The van der Waals surface area contributed by atoms with Gasteiger partial charge in [-0.2, -0.15) is 0 Å². The molecule has 0 aromatic heterocycles. The average Bonchev–Trinajstić information content (AvgIpc) is 3.23. The molecule has 2 unspecified atom stereocenters. The Morgan fingerprint density at radius 2 is 2.00 bits per heavy atom. The average molecular weight is 278 g/mol. The normalized spacial score (nSPS) is 47.8. The van der Waals surface area contributed by atoms with E-state index < -0.39 is 17.5 Å². The zero-order chi connectivity index (χ0) is 14.2. The quantitative estimate of drug-likeness (QED) is 0.806. The van der Waals surface area contributed by atoms with Gasteiger partial charge in [0.25, 0.3) is 0 Å². The Morgan fingerprint density at radius 1 is 1.35 bits per heavy atom. The van der Waals surface area contributed by atoms with Crippen molar-refractivity contribution in [3.05, 3.63) is 11.6 Å². The van der Waals surface area contributed by atoms with Crippen molar-refractivity contribution in [3.8, 4) is 0 Å². The summed E-state index contributed by atoms with van der Waals surface area (Å²) in [5, 5.41) is 9.61. The fourth-order valence-electron chi connectivity index (χ4n) is 4.61. The summed E-state index contributed by atoms with van der Waals surface area (Å²) in [6, 6.07) is 0. The topological polar surface area (TPSA) is 62.4 Å². The van der Waals surface area contributed by atoms with E-state index in [1.54, 1.807) is 6.08 Å². The molecule has 20 heavy (non-hydrogen) atoms. The molecule has 2 atom stereocenters. The second-order valence-corrected chi connectivity index (χ2v) is 7.27. The van der Waals surface area contributed by atoms with Gasteiger partial charge in [-0.1, -0.05) is 46.0 Å². The number of carbonyl (C=O) groups is 1. The van der Waals surface area contributed by atoms with E-state index in [9.17, 15) is 9.90 Å². The smallest absolute Gasteiger partial charge is 0.332 e. The summed E-state index contributed by atoms with van der Waals surface area (Å²) in [7, 11) is 0. The van der Waals surface area contributed by atoms with E-state index in [0.717, 1.165) is 0 Å². The maximum atomic E-state index is 11.7. The van der Waals surface area contributed by atoms with Crippen LogP contribution < -0.4 is 0 Å². The fourth-order valence-corrected chi connectivity index (χ4v) is 4.61. The summed E-state index contributed by atoms with van der Waals surface area (Å²) < 4.78 is 11.2. The molecule has 4 aliphatic rings. The SMILES string of the molecule is CC(C1CCCCC1)C1(C)CC23OC2(C=C1C(=O)O)O3. The van der Waals surface area contributed by atoms with Gasteiger partial charge in [0.05, 0.1) is 0 Å². The third-order valence-electron chi connectivity index (χ3n) is 6.22. The lowest BCUT2D eigenvalue weighted by atomic mass is 9.60. The minimum Gasteiger partial charge on any atom is -0.478 e. The fraction of sp³-hybridized carbons (Fsp3) is 0.812. The molecule has 4 rings (SSSR count). The molecule has 0 bridgehead atoms. The zero-order valence-electron chi connectivity index (χ0n) is 12.1. The third-order valence-corrected chi connectivity index (χ3v) is 6.22. The highest BCUT2D eigenvalue weighted by molar-refractivity contribution is 5.89. The molecule has 2 heterocycles. The van der Waals surface area contributed by atoms with Crippen LogP contribution in [0.5, 0.6) is 0 Å². The molecule has 0 amide bonds. The summed E-state index contributed by atoms with van der Waals surface area (Å²) in [5.41, 5.74) is 0.158. The lowest BCUT2D eigenvalue weighted by Crippen LogP contribution is -2.40. The standard InChI is InChI=1S/C16H22O4/c1-10(11-6-4-3-5-7-11)14(2)9-16-15(19-16,20-16)8-12(14)13(17)18/h8,10-11H,3-7,9H2,1-2H3,(H,17,18). The van der Waals surface area contributed by atoms with Crippen LogP contribution in [0.25, 0.3) is 0 Å². The Kier molecular flexibility index (Phi) is 2.35. The van der Waals surface area contributed by atoms with Gasteiger partial charge < -0.3 is 14.6 Å². The number of hydrogen-bond acceptors (Lipinski definition) is 3. The predicted octanol–water partition coefficient (Wildman–Crippen LogP) is 3.08. The van der Waals surface area contributed by atoms with Crippen LogP contribution in [0.1, 0.15) is 52.4 Å². The van der Waals surface area contributed by atoms with Crippen LogP contribution in [0.15, 0.2) is 11.6 Å². The molecule has 0 spiro atoms. The molecule has 4 nitrogen and oxygen atoms in total. The number of aliphatic carboxylic acids is 1. The summed E-state index contributed by atoms with van der Waals surface area (Å²) in [6.45, 7) is 4.31. The first kappa shape index (κ1) is 12.8.